The van der Waals surface area contributed by atoms with Crippen LogP contribution in [0.3, 0.4) is 0 Å². The average Bonchev–Trinajstić information content (AvgIpc) is 3.91. The molecule has 0 saturated carbocycles. The van der Waals surface area contributed by atoms with Gasteiger partial charge < -0.3 is 9.38 Å². The lowest BCUT2D eigenvalue weighted by atomic mass is 9.44. The van der Waals surface area contributed by atoms with E-state index < -0.39 is 0 Å². The quantitative estimate of drug-likeness (QED) is 0.159. The van der Waals surface area contributed by atoms with Crippen LogP contribution in [0.25, 0.3) is 84.4 Å². The number of benzene rings is 8. The fourth-order valence-corrected chi connectivity index (χ4v) is 12.6. The number of fused-ring (bicyclic) bond motifs is 15. The summed E-state index contributed by atoms with van der Waals surface area (Å²) in [6, 6.07) is 59.8. The number of hydrogen-bond acceptors (Lipinski definition) is 3. The third-order valence-corrected chi connectivity index (χ3v) is 15.0. The number of anilines is 3. The molecule has 0 fully saturated rings. The van der Waals surface area contributed by atoms with Gasteiger partial charge in [0.25, 0.3) is 0 Å². The van der Waals surface area contributed by atoms with Gasteiger partial charge in [0.1, 0.15) is 0 Å². The van der Waals surface area contributed by atoms with Crippen molar-refractivity contribution in [2.24, 2.45) is 0 Å². The van der Waals surface area contributed by atoms with Crippen molar-refractivity contribution < 1.29 is 0 Å². The molecule has 11 aromatic rings. The molecule has 0 aliphatic carbocycles. The second-order valence-corrected chi connectivity index (χ2v) is 18.9. The van der Waals surface area contributed by atoms with Gasteiger partial charge in [-0.15, -0.1) is 22.7 Å². The van der Waals surface area contributed by atoms with Crippen LogP contribution in [0, 0.1) is 0 Å². The van der Waals surface area contributed by atoms with Crippen LogP contribution in [0.1, 0.15) is 26.3 Å². The van der Waals surface area contributed by atoms with E-state index in [0.717, 1.165) is 0 Å². The van der Waals surface area contributed by atoms with Gasteiger partial charge in [0.2, 0.25) is 0 Å². The fraction of sp³-hybridized carbons (Fsp3) is 0.0769. The molecule has 0 spiro atoms. The minimum absolute atomic E-state index is 0.00983. The van der Waals surface area contributed by atoms with E-state index >= 15 is 0 Å². The molecule has 0 unspecified atom stereocenters. The monoisotopic (exact) mass is 762 g/mol. The van der Waals surface area contributed by atoms with E-state index in [4.69, 9.17) is 0 Å². The summed E-state index contributed by atoms with van der Waals surface area (Å²) >= 11 is 3.85. The van der Waals surface area contributed by atoms with Gasteiger partial charge in [-0.05, 0) is 80.2 Å². The van der Waals surface area contributed by atoms with E-state index in [1.165, 1.54) is 118 Å². The Labute approximate surface area is 339 Å². The lowest BCUT2D eigenvalue weighted by Gasteiger charge is -2.42. The molecule has 57 heavy (non-hydrogen) atoms. The molecule has 0 amide bonds. The summed E-state index contributed by atoms with van der Waals surface area (Å²) in [7, 11) is 0. The molecule has 5 heteroatoms. The zero-order valence-corrected chi connectivity index (χ0v) is 33.4. The molecule has 2 nitrogen and oxygen atoms in total. The third-order valence-electron chi connectivity index (χ3n) is 12.7. The average molecular weight is 763 g/mol. The van der Waals surface area contributed by atoms with Crippen LogP contribution in [-0.4, -0.2) is 11.3 Å². The maximum Gasteiger partial charge on any atom is 0.333 e. The summed E-state index contributed by atoms with van der Waals surface area (Å²) in [5, 5.41) is 7.90. The molecule has 8 aromatic carbocycles. The van der Waals surface area contributed by atoms with Gasteiger partial charge in [-0.25, -0.2) is 0 Å². The molecule has 0 saturated heterocycles. The Morgan fingerprint density at radius 3 is 2.07 bits per heavy atom. The van der Waals surface area contributed by atoms with E-state index in [1.54, 1.807) is 0 Å². The highest BCUT2D eigenvalue weighted by molar-refractivity contribution is 7.27. The molecule has 13 rings (SSSR count). The van der Waals surface area contributed by atoms with Crippen LogP contribution < -0.4 is 15.8 Å². The van der Waals surface area contributed by atoms with Gasteiger partial charge >= 0.3 is 6.85 Å². The van der Waals surface area contributed by atoms with Crippen molar-refractivity contribution in [1.29, 1.82) is 0 Å². The van der Waals surface area contributed by atoms with Crippen molar-refractivity contribution in [3.63, 3.8) is 0 Å². The number of aromatic nitrogens is 1. The standard InChI is InChI=1S/C52H35BN2S2/c1-52(2,3)32-24-26-40(38(29-32)30-14-5-4-6-15-30)54-41-28-31-16-7-8-17-33(31)45-36-20-13-21-37-48(36)55(49-35-19-10-12-23-43(35)57-51(37)49)53(47(41)45)39-25-27-44-46(50(39)54)34-18-9-11-22-42(34)56-44/h4-29H,1-3H3. The molecular weight excluding hydrogens is 728 g/mol. The molecule has 0 radical (unpaired) electrons. The largest absolute Gasteiger partial charge is 0.374 e. The molecule has 3 aromatic heterocycles. The van der Waals surface area contributed by atoms with E-state index in [2.05, 4.69) is 188 Å². The van der Waals surface area contributed by atoms with Crippen LogP contribution in [-0.2, 0) is 5.41 Å². The summed E-state index contributed by atoms with van der Waals surface area (Å²) in [5.74, 6) is 0. The summed E-state index contributed by atoms with van der Waals surface area (Å²) in [6.45, 7) is 6.93. The summed E-state index contributed by atoms with van der Waals surface area (Å²) in [6.07, 6.45) is 0. The van der Waals surface area contributed by atoms with Crippen LogP contribution in [0.15, 0.2) is 158 Å². The lowest BCUT2D eigenvalue weighted by Crippen LogP contribution is -2.56. The van der Waals surface area contributed by atoms with E-state index in [1.807, 2.05) is 22.7 Å². The van der Waals surface area contributed by atoms with Crippen molar-refractivity contribution in [2.45, 2.75) is 26.2 Å². The Hall–Kier alpha value is -6.14. The number of thiophene rings is 2. The first-order chi connectivity index (χ1) is 27.9. The number of rotatable bonds is 2. The topological polar surface area (TPSA) is 8.17 Å². The molecule has 0 bridgehead atoms. The predicted molar refractivity (Wildman–Crippen MR) is 250 cm³/mol. The zero-order valence-electron chi connectivity index (χ0n) is 31.8. The minimum atomic E-state index is -0.0316. The summed E-state index contributed by atoms with van der Waals surface area (Å²) in [4.78, 5) is 2.67. The van der Waals surface area contributed by atoms with Gasteiger partial charge in [-0.1, -0.05) is 142 Å². The Morgan fingerprint density at radius 2 is 1.25 bits per heavy atom. The fourth-order valence-electron chi connectivity index (χ4n) is 10.2. The second-order valence-electron chi connectivity index (χ2n) is 16.8. The molecule has 2 aliphatic heterocycles. The van der Waals surface area contributed by atoms with Crippen molar-refractivity contribution >= 4 is 120 Å². The first-order valence-corrected chi connectivity index (χ1v) is 21.5. The molecule has 5 heterocycles. The Balaban J connectivity index is 1.27. The first-order valence-electron chi connectivity index (χ1n) is 19.9. The smallest absolute Gasteiger partial charge is 0.333 e. The molecule has 268 valence electrons. The molecule has 0 atom stereocenters. The van der Waals surface area contributed by atoms with E-state index in [9.17, 15) is 0 Å². The van der Waals surface area contributed by atoms with Crippen LogP contribution >= 0.6 is 22.7 Å². The first kappa shape index (κ1) is 32.0. The van der Waals surface area contributed by atoms with Gasteiger partial charge in [-0.3, -0.25) is 0 Å². The summed E-state index contributed by atoms with van der Waals surface area (Å²) in [5.41, 5.74) is 15.6. The zero-order chi connectivity index (χ0) is 37.7. The number of hydrogen-bond donors (Lipinski definition) is 0. The Bertz CT molecular complexity index is 3530. The highest BCUT2D eigenvalue weighted by Crippen LogP contribution is 2.53. The minimum Gasteiger partial charge on any atom is -0.374 e. The van der Waals surface area contributed by atoms with E-state index in [0.29, 0.717) is 0 Å². The Morgan fingerprint density at radius 1 is 0.526 bits per heavy atom. The van der Waals surface area contributed by atoms with Crippen LogP contribution in [0.4, 0.5) is 17.1 Å². The maximum atomic E-state index is 2.75. The van der Waals surface area contributed by atoms with Crippen LogP contribution in [0.2, 0.25) is 0 Å². The lowest BCUT2D eigenvalue weighted by molar-refractivity contribution is 0.590. The normalized spacial score (nSPS) is 13.5. The van der Waals surface area contributed by atoms with Crippen molar-refractivity contribution in [3.8, 4) is 22.3 Å². The van der Waals surface area contributed by atoms with Gasteiger partial charge in [0.15, 0.2) is 0 Å². The number of para-hydroxylation sites is 1. The second kappa shape index (κ2) is 11.3. The summed E-state index contributed by atoms with van der Waals surface area (Å²) < 4.78 is 8.10. The molecule has 2 aliphatic rings. The van der Waals surface area contributed by atoms with Gasteiger partial charge in [0, 0.05) is 58.0 Å². The predicted octanol–water partition coefficient (Wildman–Crippen LogP) is 13.9. The van der Waals surface area contributed by atoms with Crippen molar-refractivity contribution in [2.75, 3.05) is 4.90 Å². The highest BCUT2D eigenvalue weighted by atomic mass is 32.1. The third kappa shape index (κ3) is 4.20. The van der Waals surface area contributed by atoms with Gasteiger partial charge in [-0.2, -0.15) is 0 Å². The van der Waals surface area contributed by atoms with E-state index in [-0.39, 0.29) is 12.3 Å². The Kier molecular flexibility index (Phi) is 6.32. The van der Waals surface area contributed by atoms with Crippen LogP contribution in [0.5, 0.6) is 0 Å². The molecule has 0 N–H and O–H groups in total. The van der Waals surface area contributed by atoms with Gasteiger partial charge in [0.05, 0.1) is 21.6 Å². The number of nitrogens with zero attached hydrogens (tertiary/aromatic N) is 2. The maximum absolute atomic E-state index is 2.75. The van der Waals surface area contributed by atoms with Crippen molar-refractivity contribution in [1.82, 2.24) is 4.48 Å². The molecular formula is C52H35BN2S2. The van der Waals surface area contributed by atoms with Crippen molar-refractivity contribution in [3.05, 3.63) is 163 Å². The SMILES string of the molecule is CC(C)(C)c1ccc(N2c3cc4ccccc4c4c3B(c3ccc5sc6ccccc6c5c32)n2c3c-4cccc3c3sc4ccccc4c32)c(-c2ccccc2)c1. The highest BCUT2D eigenvalue weighted by Gasteiger charge is 2.45.